The van der Waals surface area contributed by atoms with Gasteiger partial charge in [0.15, 0.2) is 6.29 Å². The van der Waals surface area contributed by atoms with Crippen molar-refractivity contribution in [1.82, 2.24) is 0 Å². The van der Waals surface area contributed by atoms with Crippen LogP contribution in [0.3, 0.4) is 0 Å². The van der Waals surface area contributed by atoms with Crippen LogP contribution in [0.5, 0.6) is 17.2 Å². The summed E-state index contributed by atoms with van der Waals surface area (Å²) in [4.78, 5) is 12.6. The summed E-state index contributed by atoms with van der Waals surface area (Å²) in [5.74, 6) is 1.50. The average Bonchev–Trinajstić information content (AvgIpc) is 3.87. The molecule has 4 atom stereocenters. The Morgan fingerprint density at radius 3 is 2.03 bits per heavy atom. The van der Waals surface area contributed by atoms with E-state index in [2.05, 4.69) is 6.92 Å². The molecule has 7 nitrogen and oxygen atoms in total. The van der Waals surface area contributed by atoms with E-state index in [0.29, 0.717) is 30.3 Å². The number of rotatable bonds is 13. The summed E-state index contributed by atoms with van der Waals surface area (Å²) in [6, 6.07) is 22.3. The minimum Gasteiger partial charge on any atom is -0.488 e. The molecule has 7 heteroatoms. The van der Waals surface area contributed by atoms with Crippen LogP contribution < -0.4 is 14.2 Å². The molecule has 0 N–H and O–H groups in total. The fourth-order valence-electron chi connectivity index (χ4n) is 3.90. The number of esters is 1. The molecule has 3 aromatic carbocycles. The van der Waals surface area contributed by atoms with Crippen LogP contribution in [0, 0.1) is 0 Å². The van der Waals surface area contributed by atoms with Crippen LogP contribution in [0.1, 0.15) is 44.0 Å². The van der Waals surface area contributed by atoms with Gasteiger partial charge in [0.25, 0.3) is 0 Å². The summed E-state index contributed by atoms with van der Waals surface area (Å²) < 4.78 is 34.0. The number of hydrogen-bond acceptors (Lipinski definition) is 7. The predicted molar refractivity (Wildman–Crippen MR) is 143 cm³/mol. The highest BCUT2D eigenvalue weighted by Gasteiger charge is 2.46. The van der Waals surface area contributed by atoms with Gasteiger partial charge in [0.05, 0.1) is 25.4 Å². The van der Waals surface area contributed by atoms with Crippen LogP contribution in [0.4, 0.5) is 0 Å². The SMILES string of the molecule is CCCC(OCC1CO1)Oc1ccc(-c2ccc(OC(=O)c3ccc(OC(C)C4(C)CO4)cc3)cc2)cc1. The Bertz CT molecular complexity index is 1200. The van der Waals surface area contributed by atoms with E-state index in [9.17, 15) is 4.79 Å². The predicted octanol–water partition coefficient (Wildman–Crippen LogP) is 6.05. The van der Waals surface area contributed by atoms with Crippen LogP contribution in [0.2, 0.25) is 0 Å². The first kappa shape index (κ1) is 26.2. The number of ether oxygens (including phenoxy) is 6. The summed E-state index contributed by atoms with van der Waals surface area (Å²) in [7, 11) is 0. The van der Waals surface area contributed by atoms with E-state index < -0.39 is 5.97 Å². The second kappa shape index (κ2) is 11.6. The molecule has 2 aliphatic heterocycles. The van der Waals surface area contributed by atoms with Crippen molar-refractivity contribution in [3.63, 3.8) is 0 Å². The van der Waals surface area contributed by atoms with Gasteiger partial charge in [0.1, 0.15) is 35.1 Å². The van der Waals surface area contributed by atoms with Crippen LogP contribution in [-0.4, -0.2) is 49.9 Å². The van der Waals surface area contributed by atoms with Crippen molar-refractivity contribution in [1.29, 1.82) is 0 Å². The number of benzene rings is 3. The maximum absolute atomic E-state index is 12.6. The van der Waals surface area contributed by atoms with Gasteiger partial charge < -0.3 is 28.4 Å². The third-order valence-corrected chi connectivity index (χ3v) is 6.78. The molecule has 5 rings (SSSR count). The van der Waals surface area contributed by atoms with Crippen molar-refractivity contribution in [3.8, 4) is 28.4 Å². The fourth-order valence-corrected chi connectivity index (χ4v) is 3.90. The summed E-state index contributed by atoms with van der Waals surface area (Å²) >= 11 is 0. The first-order valence-corrected chi connectivity index (χ1v) is 13.1. The van der Waals surface area contributed by atoms with Crippen molar-refractivity contribution in [2.24, 2.45) is 0 Å². The Labute approximate surface area is 223 Å². The second-order valence-corrected chi connectivity index (χ2v) is 9.95. The normalized spacial score (nSPS) is 21.3. The number of carbonyl (C=O) groups is 1. The minimum absolute atomic E-state index is 0.0676. The van der Waals surface area contributed by atoms with Gasteiger partial charge in [-0.25, -0.2) is 4.79 Å². The largest absolute Gasteiger partial charge is 0.488 e. The zero-order valence-electron chi connectivity index (χ0n) is 22.1. The van der Waals surface area contributed by atoms with Crippen molar-refractivity contribution < 1.29 is 33.2 Å². The number of carbonyl (C=O) groups excluding carboxylic acids is 1. The molecule has 200 valence electrons. The minimum atomic E-state index is -0.423. The van der Waals surface area contributed by atoms with Crippen molar-refractivity contribution in [2.45, 2.75) is 57.7 Å². The Morgan fingerprint density at radius 2 is 1.47 bits per heavy atom. The van der Waals surface area contributed by atoms with E-state index in [4.69, 9.17) is 28.4 Å². The summed E-state index contributed by atoms with van der Waals surface area (Å²) in [5.41, 5.74) is 2.27. The Balaban J connectivity index is 1.13. The van der Waals surface area contributed by atoms with Gasteiger partial charge in [-0.05, 0) is 73.5 Å². The van der Waals surface area contributed by atoms with E-state index in [-0.39, 0.29) is 24.1 Å². The molecule has 38 heavy (non-hydrogen) atoms. The van der Waals surface area contributed by atoms with Crippen molar-refractivity contribution >= 4 is 5.97 Å². The van der Waals surface area contributed by atoms with Gasteiger partial charge in [0.2, 0.25) is 0 Å². The fraction of sp³-hybridized carbons (Fsp3) is 0.387. The van der Waals surface area contributed by atoms with E-state index in [1.807, 2.05) is 50.2 Å². The molecule has 4 unspecified atom stereocenters. The lowest BCUT2D eigenvalue weighted by molar-refractivity contribution is -0.0885. The van der Waals surface area contributed by atoms with Crippen LogP contribution >= 0.6 is 0 Å². The molecule has 3 aromatic rings. The third-order valence-electron chi connectivity index (χ3n) is 6.78. The zero-order valence-corrected chi connectivity index (χ0v) is 22.1. The van der Waals surface area contributed by atoms with Gasteiger partial charge in [-0.1, -0.05) is 37.6 Å². The second-order valence-electron chi connectivity index (χ2n) is 9.95. The average molecular weight is 519 g/mol. The van der Waals surface area contributed by atoms with E-state index in [0.717, 1.165) is 36.3 Å². The summed E-state index contributed by atoms with van der Waals surface area (Å²) in [5, 5.41) is 0. The molecule has 0 bridgehead atoms. The molecule has 0 saturated carbocycles. The lowest BCUT2D eigenvalue weighted by Crippen LogP contribution is -2.29. The summed E-state index contributed by atoms with van der Waals surface area (Å²) in [6.45, 7) is 8.13. The van der Waals surface area contributed by atoms with Crippen LogP contribution in [0.25, 0.3) is 11.1 Å². The molecule has 0 spiro atoms. The third kappa shape index (κ3) is 6.92. The molecule has 2 heterocycles. The first-order valence-electron chi connectivity index (χ1n) is 13.1. The monoisotopic (exact) mass is 518 g/mol. The Kier molecular flexibility index (Phi) is 7.98. The number of hydrogen-bond donors (Lipinski definition) is 0. The molecule has 2 saturated heterocycles. The topological polar surface area (TPSA) is 79.0 Å². The molecule has 0 radical (unpaired) electrons. The van der Waals surface area contributed by atoms with E-state index in [1.165, 1.54) is 0 Å². The summed E-state index contributed by atoms with van der Waals surface area (Å²) in [6.07, 6.45) is 1.65. The number of epoxide rings is 2. The van der Waals surface area contributed by atoms with Gasteiger partial charge >= 0.3 is 5.97 Å². The molecular weight excluding hydrogens is 484 g/mol. The van der Waals surface area contributed by atoms with Gasteiger partial charge in [-0.2, -0.15) is 0 Å². The molecule has 0 aromatic heterocycles. The Hall–Kier alpha value is -3.39. The lowest BCUT2D eigenvalue weighted by Gasteiger charge is -2.19. The smallest absolute Gasteiger partial charge is 0.343 e. The molecular formula is C31H34O7. The van der Waals surface area contributed by atoms with Gasteiger partial charge in [0, 0.05) is 6.42 Å². The molecule has 0 amide bonds. The quantitative estimate of drug-likeness (QED) is 0.118. The molecule has 0 aliphatic carbocycles. The maximum Gasteiger partial charge on any atom is 0.343 e. The van der Waals surface area contributed by atoms with Crippen molar-refractivity contribution in [3.05, 3.63) is 78.4 Å². The van der Waals surface area contributed by atoms with Gasteiger partial charge in [-0.15, -0.1) is 0 Å². The Morgan fingerprint density at radius 1 is 0.921 bits per heavy atom. The standard InChI is InChI=1S/C31H34O7/c1-4-5-29(34-19-28-18-33-28)37-26-12-6-22(7-13-26)23-8-14-27(15-9-23)38-30(32)24-10-16-25(17-11-24)36-21(2)31(3)20-35-31/h6-17,21,28-29H,4-5,18-20H2,1-3H3. The van der Waals surface area contributed by atoms with Gasteiger partial charge in [-0.3, -0.25) is 0 Å². The highest BCUT2D eigenvalue weighted by atomic mass is 16.7. The molecule has 2 fully saturated rings. The first-order chi connectivity index (χ1) is 18.4. The van der Waals surface area contributed by atoms with Crippen molar-refractivity contribution in [2.75, 3.05) is 19.8 Å². The van der Waals surface area contributed by atoms with Crippen LogP contribution in [0.15, 0.2) is 72.8 Å². The zero-order chi connectivity index (χ0) is 26.5. The van der Waals surface area contributed by atoms with Crippen LogP contribution in [-0.2, 0) is 14.2 Å². The maximum atomic E-state index is 12.6. The van der Waals surface area contributed by atoms with E-state index >= 15 is 0 Å². The lowest BCUT2D eigenvalue weighted by atomic mass is 10.1. The highest BCUT2D eigenvalue weighted by Crippen LogP contribution is 2.33. The van der Waals surface area contributed by atoms with E-state index in [1.54, 1.807) is 36.4 Å². The molecule has 2 aliphatic rings. The highest BCUT2D eigenvalue weighted by molar-refractivity contribution is 5.91.